The zero-order valence-corrected chi connectivity index (χ0v) is 15.1. The van der Waals surface area contributed by atoms with Gasteiger partial charge in [0.05, 0.1) is 16.1 Å². The minimum absolute atomic E-state index is 0.150. The Kier molecular flexibility index (Phi) is 3.74. The molecule has 7 heteroatoms. The van der Waals surface area contributed by atoms with Crippen molar-refractivity contribution < 1.29 is 4.39 Å². The fourth-order valence-electron chi connectivity index (χ4n) is 3.31. The summed E-state index contributed by atoms with van der Waals surface area (Å²) in [6, 6.07) is 11.2. The molecule has 5 rings (SSSR count). The van der Waals surface area contributed by atoms with Crippen LogP contribution in [-0.2, 0) is 0 Å². The van der Waals surface area contributed by atoms with Crippen LogP contribution >= 0.6 is 11.6 Å². The molecule has 0 unspecified atom stereocenters. The summed E-state index contributed by atoms with van der Waals surface area (Å²) in [6.07, 6.45) is 6.84. The summed E-state index contributed by atoms with van der Waals surface area (Å²) in [7, 11) is 0. The van der Waals surface area contributed by atoms with E-state index < -0.39 is 0 Å². The molecule has 1 N–H and O–H groups in total. The van der Waals surface area contributed by atoms with Gasteiger partial charge in [-0.05, 0) is 24.3 Å². The summed E-state index contributed by atoms with van der Waals surface area (Å²) in [5, 5.41) is 0.911. The van der Waals surface area contributed by atoms with Crippen molar-refractivity contribution in [2.75, 3.05) is 0 Å². The normalized spacial score (nSPS) is 11.4. The van der Waals surface area contributed by atoms with E-state index in [0.717, 1.165) is 5.56 Å². The molecule has 0 spiro atoms. The third kappa shape index (κ3) is 2.66. The predicted octanol–water partition coefficient (Wildman–Crippen LogP) is 4.70. The Morgan fingerprint density at radius 2 is 2.00 bits per heavy atom. The van der Waals surface area contributed by atoms with Crippen molar-refractivity contribution in [3.05, 3.63) is 88.3 Å². The van der Waals surface area contributed by atoms with Crippen molar-refractivity contribution in [2.45, 2.75) is 0 Å². The Balaban J connectivity index is 1.88. The molecule has 4 heterocycles. The highest BCUT2D eigenvalue weighted by Crippen LogP contribution is 2.34. The SMILES string of the molecule is O=c1cc[nH]c2nc(-c3cccc(F)c3)c(-c3cc(Cl)c4nccn4c3)cc12. The van der Waals surface area contributed by atoms with E-state index in [1.807, 2.05) is 6.20 Å². The number of halogens is 2. The van der Waals surface area contributed by atoms with Gasteiger partial charge >= 0.3 is 0 Å². The number of H-pyrrole nitrogens is 1. The molecule has 0 radical (unpaired) electrons. The van der Waals surface area contributed by atoms with Gasteiger partial charge < -0.3 is 9.38 Å². The number of imidazole rings is 1. The number of fused-ring (bicyclic) bond motifs is 2. The van der Waals surface area contributed by atoms with E-state index in [1.54, 1.807) is 47.3 Å². The molecule has 0 aliphatic heterocycles. The van der Waals surface area contributed by atoms with Crippen LogP contribution in [-0.4, -0.2) is 19.4 Å². The second kappa shape index (κ2) is 6.28. The van der Waals surface area contributed by atoms with Crippen molar-refractivity contribution in [3.8, 4) is 22.4 Å². The van der Waals surface area contributed by atoms with Gasteiger partial charge in [-0.25, -0.2) is 14.4 Å². The number of hydrogen-bond acceptors (Lipinski definition) is 3. The lowest BCUT2D eigenvalue weighted by Crippen LogP contribution is -2.03. The summed E-state index contributed by atoms with van der Waals surface area (Å²) in [6.45, 7) is 0. The largest absolute Gasteiger partial charge is 0.346 e. The first-order chi connectivity index (χ1) is 13.6. The third-order valence-corrected chi connectivity index (χ3v) is 4.87. The van der Waals surface area contributed by atoms with Crippen LogP contribution in [0.2, 0.25) is 5.02 Å². The van der Waals surface area contributed by atoms with E-state index in [-0.39, 0.29) is 11.2 Å². The van der Waals surface area contributed by atoms with Gasteiger partial charge in [-0.15, -0.1) is 0 Å². The standard InChI is InChI=1S/C21H12ClFN4O/c22-17-9-13(11-27-7-6-25-21(17)27)15-10-16-18(28)4-5-24-20(16)26-19(15)12-2-1-3-14(23)8-12/h1-11H,(H,24,26,28). The van der Waals surface area contributed by atoms with Crippen LogP contribution < -0.4 is 5.43 Å². The predicted molar refractivity (Wildman–Crippen MR) is 107 cm³/mol. The maximum Gasteiger partial charge on any atom is 0.191 e. The summed E-state index contributed by atoms with van der Waals surface area (Å²) >= 11 is 6.39. The van der Waals surface area contributed by atoms with Gasteiger partial charge in [0, 0.05) is 47.5 Å². The summed E-state index contributed by atoms with van der Waals surface area (Å²) in [5.41, 5.74) is 3.48. The number of hydrogen-bond donors (Lipinski definition) is 1. The van der Waals surface area contributed by atoms with Crippen LogP contribution in [0.3, 0.4) is 0 Å². The van der Waals surface area contributed by atoms with Gasteiger partial charge in [0.1, 0.15) is 11.5 Å². The Labute approximate surface area is 163 Å². The smallest absolute Gasteiger partial charge is 0.191 e. The molecule has 5 nitrogen and oxygen atoms in total. The van der Waals surface area contributed by atoms with Crippen molar-refractivity contribution in [3.63, 3.8) is 0 Å². The first kappa shape index (κ1) is 16.6. The Morgan fingerprint density at radius 1 is 1.11 bits per heavy atom. The van der Waals surface area contributed by atoms with Crippen molar-refractivity contribution in [1.82, 2.24) is 19.4 Å². The highest BCUT2D eigenvalue weighted by molar-refractivity contribution is 6.33. The van der Waals surface area contributed by atoms with E-state index in [4.69, 9.17) is 11.6 Å². The maximum atomic E-state index is 13.9. The zero-order chi connectivity index (χ0) is 19.3. The van der Waals surface area contributed by atoms with Gasteiger partial charge in [0.2, 0.25) is 0 Å². The zero-order valence-electron chi connectivity index (χ0n) is 14.4. The van der Waals surface area contributed by atoms with Gasteiger partial charge in [0.15, 0.2) is 11.1 Å². The molecule has 0 aliphatic rings. The molecule has 28 heavy (non-hydrogen) atoms. The minimum atomic E-state index is -0.366. The fourth-order valence-corrected chi connectivity index (χ4v) is 3.57. The molecule has 5 aromatic rings. The Bertz CT molecular complexity index is 1420. The molecule has 136 valence electrons. The number of aromatic amines is 1. The van der Waals surface area contributed by atoms with Gasteiger partial charge in [-0.3, -0.25) is 4.79 Å². The number of nitrogens with one attached hydrogen (secondary N) is 1. The number of benzene rings is 1. The first-order valence-corrected chi connectivity index (χ1v) is 8.89. The summed E-state index contributed by atoms with van der Waals surface area (Å²) < 4.78 is 15.7. The van der Waals surface area contributed by atoms with E-state index in [1.165, 1.54) is 18.2 Å². The Hall–Kier alpha value is -3.51. The third-order valence-electron chi connectivity index (χ3n) is 4.59. The molecular formula is C21H12ClFN4O. The molecule has 4 aromatic heterocycles. The lowest BCUT2D eigenvalue weighted by Gasteiger charge is -2.12. The quantitative estimate of drug-likeness (QED) is 0.475. The molecule has 0 saturated carbocycles. The van der Waals surface area contributed by atoms with E-state index in [9.17, 15) is 9.18 Å². The van der Waals surface area contributed by atoms with E-state index >= 15 is 0 Å². The lowest BCUT2D eigenvalue weighted by molar-refractivity contribution is 0.628. The molecular weight excluding hydrogens is 379 g/mol. The second-order valence-electron chi connectivity index (χ2n) is 6.37. The Morgan fingerprint density at radius 3 is 2.86 bits per heavy atom. The van der Waals surface area contributed by atoms with Crippen LogP contribution in [0.1, 0.15) is 0 Å². The highest BCUT2D eigenvalue weighted by Gasteiger charge is 2.15. The first-order valence-electron chi connectivity index (χ1n) is 8.51. The minimum Gasteiger partial charge on any atom is -0.346 e. The van der Waals surface area contributed by atoms with Crippen LogP contribution in [0.4, 0.5) is 4.39 Å². The van der Waals surface area contributed by atoms with Gasteiger partial charge in [0.25, 0.3) is 0 Å². The lowest BCUT2D eigenvalue weighted by atomic mass is 9.99. The molecule has 0 amide bonds. The van der Waals surface area contributed by atoms with Crippen LogP contribution in [0.5, 0.6) is 0 Å². The number of rotatable bonds is 2. The molecule has 0 fully saturated rings. The molecule has 0 saturated heterocycles. The van der Waals surface area contributed by atoms with Crippen molar-refractivity contribution in [1.29, 1.82) is 0 Å². The van der Waals surface area contributed by atoms with E-state index in [2.05, 4.69) is 15.0 Å². The molecule has 0 aliphatic carbocycles. The van der Waals surface area contributed by atoms with Crippen LogP contribution in [0.15, 0.2) is 72.0 Å². The highest BCUT2D eigenvalue weighted by atomic mass is 35.5. The molecule has 1 aromatic carbocycles. The topological polar surface area (TPSA) is 63.0 Å². The van der Waals surface area contributed by atoms with Gasteiger partial charge in [-0.1, -0.05) is 23.7 Å². The van der Waals surface area contributed by atoms with Crippen molar-refractivity contribution >= 4 is 28.3 Å². The average molecular weight is 391 g/mol. The van der Waals surface area contributed by atoms with E-state index in [0.29, 0.717) is 38.5 Å². The monoisotopic (exact) mass is 390 g/mol. The maximum absolute atomic E-state index is 13.9. The number of nitrogens with zero attached hydrogens (tertiary/aromatic N) is 3. The summed E-state index contributed by atoms with van der Waals surface area (Å²) in [5.74, 6) is -0.366. The second-order valence-corrected chi connectivity index (χ2v) is 6.78. The van der Waals surface area contributed by atoms with Crippen molar-refractivity contribution in [2.24, 2.45) is 0 Å². The number of pyridine rings is 3. The number of aromatic nitrogens is 4. The average Bonchev–Trinajstić information content (AvgIpc) is 3.17. The fraction of sp³-hybridized carbons (Fsp3) is 0. The van der Waals surface area contributed by atoms with Crippen LogP contribution in [0.25, 0.3) is 39.1 Å². The van der Waals surface area contributed by atoms with Gasteiger partial charge in [-0.2, -0.15) is 0 Å². The molecule has 0 atom stereocenters. The molecule has 0 bridgehead atoms. The summed E-state index contributed by atoms with van der Waals surface area (Å²) in [4.78, 5) is 24.2. The van der Waals surface area contributed by atoms with Crippen LogP contribution in [0, 0.1) is 5.82 Å².